The van der Waals surface area contributed by atoms with Crippen LogP contribution >= 0.6 is 0 Å². The second-order valence-electron chi connectivity index (χ2n) is 12.4. The van der Waals surface area contributed by atoms with E-state index < -0.39 is 0 Å². The Morgan fingerprint density at radius 3 is 2.13 bits per heavy atom. The number of fused-ring (bicyclic) bond motifs is 11. The van der Waals surface area contributed by atoms with Gasteiger partial charge in [0.25, 0.3) is 0 Å². The van der Waals surface area contributed by atoms with Gasteiger partial charge in [-0.1, -0.05) is 121 Å². The van der Waals surface area contributed by atoms with Gasteiger partial charge in [0.1, 0.15) is 5.65 Å². The lowest BCUT2D eigenvalue weighted by Crippen LogP contribution is -2.28. The fourth-order valence-electron chi connectivity index (χ4n) is 7.78. The maximum Gasteiger partial charge on any atom is 0.146 e. The van der Waals surface area contributed by atoms with Crippen LogP contribution in [0.15, 0.2) is 164 Å². The number of para-hydroxylation sites is 3. The molecule has 0 amide bonds. The van der Waals surface area contributed by atoms with E-state index in [1.54, 1.807) is 0 Å². The summed E-state index contributed by atoms with van der Waals surface area (Å²) in [6.07, 6.45) is 7.18. The van der Waals surface area contributed by atoms with Gasteiger partial charge < -0.3 is 4.90 Å². The molecule has 2 unspecified atom stereocenters. The molecule has 0 radical (unpaired) electrons. The van der Waals surface area contributed by atoms with Crippen LogP contribution in [0.4, 0.5) is 11.4 Å². The van der Waals surface area contributed by atoms with Gasteiger partial charge in [-0.2, -0.15) is 0 Å². The third-order valence-corrected chi connectivity index (χ3v) is 9.88. The Morgan fingerprint density at radius 2 is 1.28 bits per heavy atom. The lowest BCUT2D eigenvalue weighted by molar-refractivity contribution is 0.747. The Bertz CT molecular complexity index is 2540. The number of hydrogen-bond donors (Lipinski definition) is 0. The van der Waals surface area contributed by atoms with Gasteiger partial charge in [-0.3, -0.25) is 4.40 Å². The van der Waals surface area contributed by atoms with Crippen LogP contribution in [-0.4, -0.2) is 15.4 Å². The standard InChI is InChI=1S/C43H29N3/c1-3-11-28(12-4-1)30-19-23-40-35(25-30)36-26-31(29-13-5-2-6-14-29)20-24-41(36)45(40)32-21-22-33-34-15-7-9-17-39(34)46-42-18-10-8-16-38(42)44-43(46)37(33)27-32/h1-27,35,40H. The van der Waals surface area contributed by atoms with E-state index in [9.17, 15) is 0 Å². The summed E-state index contributed by atoms with van der Waals surface area (Å²) in [6, 6.07) is 52.8. The quantitative estimate of drug-likeness (QED) is 0.192. The summed E-state index contributed by atoms with van der Waals surface area (Å²) in [5.74, 6) is 0.222. The van der Waals surface area contributed by atoms with Crippen molar-refractivity contribution in [3.05, 3.63) is 175 Å². The monoisotopic (exact) mass is 587 g/mol. The summed E-state index contributed by atoms with van der Waals surface area (Å²) in [5.41, 5.74) is 13.1. The van der Waals surface area contributed by atoms with Crippen LogP contribution in [0.25, 0.3) is 55.1 Å². The number of allylic oxidation sites excluding steroid dienone is 2. The first-order valence-corrected chi connectivity index (χ1v) is 16.0. The molecule has 0 bridgehead atoms. The van der Waals surface area contributed by atoms with E-state index in [2.05, 4.69) is 173 Å². The first-order valence-electron chi connectivity index (χ1n) is 16.0. The van der Waals surface area contributed by atoms with Crippen molar-refractivity contribution in [1.82, 2.24) is 9.38 Å². The van der Waals surface area contributed by atoms with Gasteiger partial charge in [-0.25, -0.2) is 4.98 Å². The zero-order valence-corrected chi connectivity index (χ0v) is 25.1. The Morgan fingerprint density at radius 1 is 0.543 bits per heavy atom. The third kappa shape index (κ3) is 3.69. The Balaban J connectivity index is 1.20. The molecule has 0 fully saturated rings. The van der Waals surface area contributed by atoms with E-state index >= 15 is 0 Å². The average molecular weight is 588 g/mol. The number of rotatable bonds is 3. The summed E-state index contributed by atoms with van der Waals surface area (Å²) in [5, 5.41) is 3.63. The second kappa shape index (κ2) is 9.79. The highest BCUT2D eigenvalue weighted by atomic mass is 15.2. The third-order valence-electron chi connectivity index (χ3n) is 9.88. The molecule has 1 aliphatic heterocycles. The lowest BCUT2D eigenvalue weighted by atomic mass is 9.85. The number of nitrogens with zero attached hydrogens (tertiary/aromatic N) is 3. The summed E-state index contributed by atoms with van der Waals surface area (Å²) in [6.45, 7) is 0. The minimum absolute atomic E-state index is 0.168. The highest BCUT2D eigenvalue weighted by Gasteiger charge is 2.39. The lowest BCUT2D eigenvalue weighted by Gasteiger charge is -2.30. The molecule has 0 saturated carbocycles. The number of imidazole rings is 1. The van der Waals surface area contributed by atoms with Crippen LogP contribution in [0.3, 0.4) is 0 Å². The van der Waals surface area contributed by atoms with E-state index in [4.69, 9.17) is 4.98 Å². The SMILES string of the molecule is C1=CC2C(C=C1c1ccccc1)c1cc(-c3ccccc3)ccc1N2c1ccc2c3ccccc3n3c4ccccc4nc3c2c1. The largest absolute Gasteiger partial charge is 0.333 e. The molecule has 3 heteroatoms. The maximum absolute atomic E-state index is 5.20. The first kappa shape index (κ1) is 25.4. The van der Waals surface area contributed by atoms with Crippen molar-refractivity contribution in [3.8, 4) is 11.1 Å². The summed E-state index contributed by atoms with van der Waals surface area (Å²) < 4.78 is 2.33. The van der Waals surface area contributed by atoms with Gasteiger partial charge in [0.05, 0.1) is 22.6 Å². The van der Waals surface area contributed by atoms with E-state index in [1.807, 2.05) is 0 Å². The normalized spacial score (nSPS) is 17.1. The number of pyridine rings is 1. The zero-order valence-electron chi connectivity index (χ0n) is 25.1. The van der Waals surface area contributed by atoms with Crippen molar-refractivity contribution < 1.29 is 0 Å². The maximum atomic E-state index is 5.20. The molecule has 0 N–H and O–H groups in total. The predicted molar refractivity (Wildman–Crippen MR) is 192 cm³/mol. The zero-order chi connectivity index (χ0) is 30.2. The van der Waals surface area contributed by atoms with Gasteiger partial charge in [-0.15, -0.1) is 0 Å². The molecule has 0 saturated heterocycles. The number of hydrogen-bond acceptors (Lipinski definition) is 2. The van der Waals surface area contributed by atoms with Gasteiger partial charge in [0.15, 0.2) is 0 Å². The van der Waals surface area contributed by atoms with E-state index in [1.165, 1.54) is 60.9 Å². The van der Waals surface area contributed by atoms with E-state index in [0.717, 1.165) is 16.7 Å². The highest BCUT2D eigenvalue weighted by Crippen LogP contribution is 2.51. The molecule has 3 heterocycles. The second-order valence-corrected chi connectivity index (χ2v) is 12.4. The fraction of sp³-hybridized carbons (Fsp3) is 0.0465. The molecule has 216 valence electrons. The van der Waals surface area contributed by atoms with Gasteiger partial charge in [0.2, 0.25) is 0 Å². The van der Waals surface area contributed by atoms with Crippen molar-refractivity contribution in [2.75, 3.05) is 4.90 Å². The molecule has 2 atom stereocenters. The molecular weight excluding hydrogens is 558 g/mol. The average Bonchev–Trinajstić information content (AvgIpc) is 3.68. The van der Waals surface area contributed by atoms with Crippen LogP contribution in [0.5, 0.6) is 0 Å². The molecule has 0 spiro atoms. The molecule has 46 heavy (non-hydrogen) atoms. The molecule has 1 aliphatic carbocycles. The number of aromatic nitrogens is 2. The van der Waals surface area contributed by atoms with Crippen molar-refractivity contribution in [3.63, 3.8) is 0 Å². The summed E-state index contributed by atoms with van der Waals surface area (Å²) in [4.78, 5) is 7.74. The van der Waals surface area contributed by atoms with Crippen LogP contribution in [0.1, 0.15) is 17.0 Å². The molecule has 8 aromatic rings. The van der Waals surface area contributed by atoms with Crippen molar-refractivity contribution in [2.24, 2.45) is 0 Å². The summed E-state index contributed by atoms with van der Waals surface area (Å²) in [7, 11) is 0. The van der Waals surface area contributed by atoms with Gasteiger partial charge >= 0.3 is 0 Å². The fourth-order valence-corrected chi connectivity index (χ4v) is 7.78. The van der Waals surface area contributed by atoms with Gasteiger partial charge in [-0.05, 0) is 75.7 Å². The Labute approximate surface area is 267 Å². The molecule has 10 rings (SSSR count). The number of benzene rings is 6. The minimum atomic E-state index is 0.168. The van der Waals surface area contributed by atoms with Crippen LogP contribution in [0.2, 0.25) is 0 Å². The molecule has 2 aromatic heterocycles. The smallest absolute Gasteiger partial charge is 0.146 e. The van der Waals surface area contributed by atoms with Crippen molar-refractivity contribution >= 4 is 55.3 Å². The van der Waals surface area contributed by atoms with Gasteiger partial charge in [0, 0.05) is 28.1 Å². The predicted octanol–water partition coefficient (Wildman–Crippen LogP) is 10.7. The Kier molecular flexibility index (Phi) is 5.40. The molecule has 3 nitrogen and oxygen atoms in total. The molecule has 2 aliphatic rings. The summed E-state index contributed by atoms with van der Waals surface area (Å²) >= 11 is 0. The first-order chi connectivity index (χ1) is 22.8. The highest BCUT2D eigenvalue weighted by molar-refractivity contribution is 6.14. The molecular formula is C43H29N3. The number of anilines is 2. The van der Waals surface area contributed by atoms with Crippen LogP contribution in [0, 0.1) is 0 Å². The van der Waals surface area contributed by atoms with E-state index in [0.29, 0.717) is 0 Å². The van der Waals surface area contributed by atoms with E-state index in [-0.39, 0.29) is 12.0 Å². The van der Waals surface area contributed by atoms with Crippen LogP contribution in [-0.2, 0) is 0 Å². The topological polar surface area (TPSA) is 20.5 Å². The van der Waals surface area contributed by atoms with Crippen molar-refractivity contribution in [2.45, 2.75) is 12.0 Å². The van der Waals surface area contributed by atoms with Crippen molar-refractivity contribution in [1.29, 1.82) is 0 Å². The minimum Gasteiger partial charge on any atom is -0.333 e. The Hall–Kier alpha value is -5.93. The molecule has 6 aromatic carbocycles. The van der Waals surface area contributed by atoms with Crippen LogP contribution < -0.4 is 4.90 Å².